The summed E-state index contributed by atoms with van der Waals surface area (Å²) in [5.74, 6) is 5.03. The summed E-state index contributed by atoms with van der Waals surface area (Å²) < 4.78 is 5.52. The Kier molecular flexibility index (Phi) is 3.25. The Labute approximate surface area is 105 Å². The summed E-state index contributed by atoms with van der Waals surface area (Å²) >= 11 is 0. The van der Waals surface area contributed by atoms with Crippen LogP contribution >= 0.6 is 0 Å². The van der Waals surface area contributed by atoms with Gasteiger partial charge in [0.25, 0.3) is 0 Å². The summed E-state index contributed by atoms with van der Waals surface area (Å²) in [6, 6.07) is 7.45. The van der Waals surface area contributed by atoms with Crippen LogP contribution in [0.1, 0.15) is 19.4 Å². The fourth-order valence-corrected chi connectivity index (χ4v) is 1.95. The molecule has 0 atom stereocenters. The van der Waals surface area contributed by atoms with Gasteiger partial charge < -0.3 is 9.73 Å². The van der Waals surface area contributed by atoms with E-state index in [-0.39, 0.29) is 5.41 Å². The van der Waals surface area contributed by atoms with Gasteiger partial charge in [-0.05, 0) is 6.07 Å². The molecule has 0 unspecified atom stereocenters. The number of benzene rings is 1. The van der Waals surface area contributed by atoms with E-state index in [0.717, 1.165) is 16.5 Å². The monoisotopic (exact) mass is 247 g/mol. The van der Waals surface area contributed by atoms with Gasteiger partial charge in [0.1, 0.15) is 5.58 Å². The minimum Gasteiger partial charge on any atom is -0.464 e. The van der Waals surface area contributed by atoms with Crippen LogP contribution in [0.2, 0.25) is 0 Å². The van der Waals surface area contributed by atoms with Gasteiger partial charge in [-0.3, -0.25) is 5.43 Å². The number of carbonyl (C=O) groups excluding carboxylic acids is 1. The highest BCUT2D eigenvalue weighted by Gasteiger charge is 2.25. The summed E-state index contributed by atoms with van der Waals surface area (Å²) in [4.78, 5) is 11.1. The van der Waals surface area contributed by atoms with E-state index < -0.39 is 6.03 Å². The number of furan rings is 1. The number of rotatable bonds is 3. The number of nitrogens with two attached hydrogens (primary N) is 1. The average molecular weight is 247 g/mol. The van der Waals surface area contributed by atoms with Gasteiger partial charge in [0, 0.05) is 22.9 Å². The third kappa shape index (κ3) is 2.31. The van der Waals surface area contributed by atoms with Crippen molar-refractivity contribution in [3.8, 4) is 0 Å². The van der Waals surface area contributed by atoms with Crippen molar-refractivity contribution in [1.29, 1.82) is 0 Å². The van der Waals surface area contributed by atoms with Crippen molar-refractivity contribution >= 4 is 17.0 Å². The van der Waals surface area contributed by atoms with E-state index in [9.17, 15) is 4.79 Å². The second-order valence-electron chi connectivity index (χ2n) is 4.86. The highest BCUT2D eigenvalue weighted by Crippen LogP contribution is 2.31. The Morgan fingerprint density at radius 1 is 1.39 bits per heavy atom. The molecular weight excluding hydrogens is 230 g/mol. The summed E-state index contributed by atoms with van der Waals surface area (Å²) in [7, 11) is 0. The summed E-state index contributed by atoms with van der Waals surface area (Å²) in [5.41, 5.74) is 3.73. The third-order valence-corrected chi connectivity index (χ3v) is 3.03. The number of carbonyl (C=O) groups is 1. The molecule has 1 aromatic carbocycles. The molecule has 2 rings (SSSR count). The van der Waals surface area contributed by atoms with E-state index in [4.69, 9.17) is 10.3 Å². The molecule has 0 aliphatic carbocycles. The molecule has 1 aromatic heterocycles. The van der Waals surface area contributed by atoms with Crippen LogP contribution in [0.25, 0.3) is 11.0 Å². The molecule has 0 aliphatic rings. The van der Waals surface area contributed by atoms with Crippen molar-refractivity contribution in [1.82, 2.24) is 10.7 Å². The van der Waals surface area contributed by atoms with Gasteiger partial charge in [0.05, 0.1) is 6.26 Å². The average Bonchev–Trinajstić information content (AvgIpc) is 2.80. The maximum Gasteiger partial charge on any atom is 0.328 e. The van der Waals surface area contributed by atoms with Gasteiger partial charge in [0.15, 0.2) is 0 Å². The lowest BCUT2D eigenvalue weighted by Gasteiger charge is -2.24. The molecule has 18 heavy (non-hydrogen) atoms. The summed E-state index contributed by atoms with van der Waals surface area (Å²) in [5, 5.41) is 3.78. The van der Waals surface area contributed by atoms with Crippen LogP contribution in [0.4, 0.5) is 4.79 Å². The summed E-state index contributed by atoms with van der Waals surface area (Å²) in [6.45, 7) is 4.56. The third-order valence-electron chi connectivity index (χ3n) is 3.03. The molecule has 2 amide bonds. The van der Waals surface area contributed by atoms with Crippen molar-refractivity contribution in [3.63, 3.8) is 0 Å². The lowest BCUT2D eigenvalue weighted by molar-refractivity contribution is 0.238. The van der Waals surface area contributed by atoms with Gasteiger partial charge >= 0.3 is 6.03 Å². The zero-order valence-corrected chi connectivity index (χ0v) is 10.5. The SMILES string of the molecule is CC(C)(CNC(=O)NN)c1coc2ccccc12. The largest absolute Gasteiger partial charge is 0.464 e. The van der Waals surface area contributed by atoms with Gasteiger partial charge in [-0.1, -0.05) is 32.0 Å². The van der Waals surface area contributed by atoms with E-state index in [2.05, 4.69) is 5.32 Å². The highest BCUT2D eigenvalue weighted by molar-refractivity contribution is 5.82. The molecule has 0 bridgehead atoms. The molecular formula is C13H17N3O2. The normalized spacial score (nSPS) is 11.5. The molecule has 0 radical (unpaired) electrons. The van der Waals surface area contributed by atoms with E-state index in [1.807, 2.05) is 43.5 Å². The quantitative estimate of drug-likeness (QED) is 0.440. The van der Waals surface area contributed by atoms with Crippen molar-refractivity contribution in [2.75, 3.05) is 6.54 Å². The molecule has 4 N–H and O–H groups in total. The first kappa shape index (κ1) is 12.4. The molecule has 0 spiro atoms. The maximum absolute atomic E-state index is 11.1. The zero-order chi connectivity index (χ0) is 13.2. The lowest BCUT2D eigenvalue weighted by Crippen LogP contribution is -2.44. The number of nitrogens with one attached hydrogen (secondary N) is 2. The smallest absolute Gasteiger partial charge is 0.328 e. The minimum absolute atomic E-state index is 0.237. The lowest BCUT2D eigenvalue weighted by atomic mass is 9.84. The van der Waals surface area contributed by atoms with E-state index >= 15 is 0 Å². The predicted molar refractivity (Wildman–Crippen MR) is 70.0 cm³/mol. The fourth-order valence-electron chi connectivity index (χ4n) is 1.95. The molecule has 0 saturated heterocycles. The molecule has 0 saturated carbocycles. The maximum atomic E-state index is 11.1. The van der Waals surface area contributed by atoms with Gasteiger partial charge in [0.2, 0.25) is 0 Å². The number of urea groups is 1. The number of hydrogen-bond acceptors (Lipinski definition) is 3. The van der Waals surface area contributed by atoms with Crippen LogP contribution in [-0.2, 0) is 5.41 Å². The van der Waals surface area contributed by atoms with Crippen molar-refractivity contribution in [2.45, 2.75) is 19.3 Å². The first-order valence-electron chi connectivity index (χ1n) is 5.76. The van der Waals surface area contributed by atoms with Gasteiger partial charge in [-0.25, -0.2) is 10.6 Å². The molecule has 5 heteroatoms. The van der Waals surface area contributed by atoms with Crippen molar-refractivity contribution in [3.05, 3.63) is 36.1 Å². The Bertz CT molecular complexity index is 560. The van der Waals surface area contributed by atoms with Crippen LogP contribution in [0.15, 0.2) is 34.9 Å². The molecule has 0 aliphatic heterocycles. The van der Waals surface area contributed by atoms with E-state index in [1.54, 1.807) is 6.26 Å². The summed E-state index contributed by atoms with van der Waals surface area (Å²) in [6.07, 6.45) is 1.74. The second kappa shape index (κ2) is 4.70. The zero-order valence-electron chi connectivity index (χ0n) is 10.5. The topological polar surface area (TPSA) is 80.3 Å². The van der Waals surface area contributed by atoms with E-state index in [1.165, 1.54) is 0 Å². The Morgan fingerprint density at radius 2 is 2.11 bits per heavy atom. The van der Waals surface area contributed by atoms with Crippen LogP contribution in [0, 0.1) is 0 Å². The first-order valence-corrected chi connectivity index (χ1v) is 5.76. The second-order valence-corrected chi connectivity index (χ2v) is 4.86. The Hall–Kier alpha value is -2.01. The Balaban J connectivity index is 2.26. The minimum atomic E-state index is -0.393. The fraction of sp³-hybridized carbons (Fsp3) is 0.308. The number of para-hydroxylation sites is 1. The Morgan fingerprint density at radius 3 is 2.83 bits per heavy atom. The molecule has 0 fully saturated rings. The molecule has 2 aromatic rings. The van der Waals surface area contributed by atoms with Crippen LogP contribution in [-0.4, -0.2) is 12.6 Å². The highest BCUT2D eigenvalue weighted by atomic mass is 16.3. The predicted octanol–water partition coefficient (Wildman–Crippen LogP) is 1.88. The van der Waals surface area contributed by atoms with Crippen molar-refractivity contribution in [2.24, 2.45) is 5.84 Å². The first-order chi connectivity index (χ1) is 8.54. The molecule has 96 valence electrons. The van der Waals surface area contributed by atoms with E-state index in [0.29, 0.717) is 6.54 Å². The standard InChI is InChI=1S/C13H17N3O2/c1-13(2,8-15-12(17)16-14)10-7-18-11-6-4-3-5-9(10)11/h3-7H,8,14H2,1-2H3,(H2,15,16,17). The van der Waals surface area contributed by atoms with Gasteiger partial charge in [-0.15, -0.1) is 0 Å². The van der Waals surface area contributed by atoms with Crippen LogP contribution in [0.3, 0.4) is 0 Å². The number of hydrazine groups is 1. The molecule has 5 nitrogen and oxygen atoms in total. The van der Waals surface area contributed by atoms with Crippen LogP contribution in [0.5, 0.6) is 0 Å². The number of hydrogen-bond donors (Lipinski definition) is 3. The van der Waals surface area contributed by atoms with Crippen LogP contribution < -0.4 is 16.6 Å². The number of fused-ring (bicyclic) bond motifs is 1. The number of amides is 2. The molecule has 1 heterocycles. The van der Waals surface area contributed by atoms with Gasteiger partial charge in [-0.2, -0.15) is 0 Å². The van der Waals surface area contributed by atoms with Crippen molar-refractivity contribution < 1.29 is 9.21 Å².